The molecule has 1 aliphatic heterocycles. The maximum absolute atomic E-state index is 13.8. The first-order valence-electron chi connectivity index (χ1n) is 6.90. The van der Waals surface area contributed by atoms with Crippen LogP contribution in [0.3, 0.4) is 0 Å². The summed E-state index contributed by atoms with van der Waals surface area (Å²) >= 11 is 0. The molecule has 0 aliphatic carbocycles. The summed E-state index contributed by atoms with van der Waals surface area (Å²) in [6, 6.07) is 3.61. The molecule has 1 unspecified atom stereocenters. The normalized spacial score (nSPS) is 19.1. The Morgan fingerprint density at radius 3 is 3.11 bits per heavy atom. The first-order chi connectivity index (χ1) is 8.81. The molecule has 0 bridgehead atoms. The van der Waals surface area contributed by atoms with Gasteiger partial charge in [0.2, 0.25) is 0 Å². The second kappa shape index (κ2) is 6.69. The fourth-order valence-corrected chi connectivity index (χ4v) is 2.42. The van der Waals surface area contributed by atoms with Crippen LogP contribution in [0.25, 0.3) is 0 Å². The maximum atomic E-state index is 13.8. The number of nitrogens with zero attached hydrogens (tertiary/aromatic N) is 2. The smallest absolute Gasteiger partial charge is 0.165 e. The lowest BCUT2D eigenvalue weighted by molar-refractivity contribution is 0.551. The largest absolute Gasteiger partial charge is 0.353 e. The van der Waals surface area contributed by atoms with E-state index in [0.717, 1.165) is 32.5 Å². The molecule has 0 aromatic carbocycles. The predicted octanol–water partition coefficient (Wildman–Crippen LogP) is 2.58. The summed E-state index contributed by atoms with van der Waals surface area (Å²) in [4.78, 5) is 6.28. The SMILES string of the molecule is CCCCN(CC1CCCN1)c1ncccc1F. The minimum atomic E-state index is -0.216. The Bertz CT molecular complexity index is 364. The molecular weight excluding hydrogens is 229 g/mol. The van der Waals surface area contributed by atoms with Gasteiger partial charge in [0, 0.05) is 25.3 Å². The molecule has 1 fully saturated rings. The highest BCUT2D eigenvalue weighted by atomic mass is 19.1. The number of unbranched alkanes of at least 4 members (excludes halogenated alkanes) is 1. The number of anilines is 1. The number of rotatable bonds is 6. The average Bonchev–Trinajstić information content (AvgIpc) is 2.88. The van der Waals surface area contributed by atoms with E-state index < -0.39 is 0 Å². The molecule has 0 spiro atoms. The quantitative estimate of drug-likeness (QED) is 0.842. The third-order valence-corrected chi connectivity index (χ3v) is 3.42. The van der Waals surface area contributed by atoms with Gasteiger partial charge in [-0.05, 0) is 37.9 Å². The van der Waals surface area contributed by atoms with Gasteiger partial charge in [-0.3, -0.25) is 0 Å². The summed E-state index contributed by atoms with van der Waals surface area (Å²) < 4.78 is 13.8. The van der Waals surface area contributed by atoms with Crippen LogP contribution in [0.15, 0.2) is 18.3 Å². The Hall–Kier alpha value is -1.16. The fourth-order valence-electron chi connectivity index (χ4n) is 2.42. The molecule has 18 heavy (non-hydrogen) atoms. The van der Waals surface area contributed by atoms with E-state index in [-0.39, 0.29) is 5.82 Å². The van der Waals surface area contributed by atoms with Crippen LogP contribution in [0.2, 0.25) is 0 Å². The molecule has 0 saturated carbocycles. The number of halogens is 1. The van der Waals surface area contributed by atoms with Gasteiger partial charge in [-0.15, -0.1) is 0 Å². The topological polar surface area (TPSA) is 28.2 Å². The van der Waals surface area contributed by atoms with Crippen LogP contribution in [0.5, 0.6) is 0 Å². The van der Waals surface area contributed by atoms with E-state index in [2.05, 4.69) is 22.1 Å². The molecular formula is C14H22FN3. The Kier molecular flexibility index (Phi) is 4.93. The maximum Gasteiger partial charge on any atom is 0.165 e. The third kappa shape index (κ3) is 3.42. The summed E-state index contributed by atoms with van der Waals surface area (Å²) in [6.07, 6.45) is 6.25. The molecule has 1 aliphatic rings. The van der Waals surface area contributed by atoms with Gasteiger partial charge in [-0.25, -0.2) is 9.37 Å². The van der Waals surface area contributed by atoms with Crippen LogP contribution in [-0.2, 0) is 0 Å². The van der Waals surface area contributed by atoms with E-state index in [4.69, 9.17) is 0 Å². The molecule has 1 saturated heterocycles. The van der Waals surface area contributed by atoms with Crippen molar-refractivity contribution in [1.29, 1.82) is 0 Å². The van der Waals surface area contributed by atoms with Crippen LogP contribution in [0, 0.1) is 5.82 Å². The highest BCUT2D eigenvalue weighted by Gasteiger charge is 2.20. The summed E-state index contributed by atoms with van der Waals surface area (Å²) in [5.74, 6) is 0.284. The van der Waals surface area contributed by atoms with Crippen molar-refractivity contribution in [2.24, 2.45) is 0 Å². The standard InChI is InChI=1S/C14H22FN3/c1-2-3-10-18(11-12-6-4-8-16-12)14-13(15)7-5-9-17-14/h5,7,9,12,16H,2-4,6,8,10-11H2,1H3. The number of hydrogen-bond acceptors (Lipinski definition) is 3. The molecule has 0 amide bonds. The second-order valence-corrected chi connectivity index (χ2v) is 4.90. The van der Waals surface area contributed by atoms with Crippen molar-refractivity contribution in [3.05, 3.63) is 24.1 Å². The summed E-state index contributed by atoms with van der Waals surface area (Å²) in [7, 11) is 0. The average molecular weight is 251 g/mol. The lowest BCUT2D eigenvalue weighted by atomic mass is 10.2. The van der Waals surface area contributed by atoms with E-state index >= 15 is 0 Å². The highest BCUT2D eigenvalue weighted by molar-refractivity contribution is 5.39. The number of aromatic nitrogens is 1. The Balaban J connectivity index is 2.06. The van der Waals surface area contributed by atoms with Gasteiger partial charge >= 0.3 is 0 Å². The highest BCUT2D eigenvalue weighted by Crippen LogP contribution is 2.18. The molecule has 2 heterocycles. The monoisotopic (exact) mass is 251 g/mol. The molecule has 1 N–H and O–H groups in total. The van der Waals surface area contributed by atoms with E-state index in [1.165, 1.54) is 18.9 Å². The molecule has 2 rings (SSSR count). The summed E-state index contributed by atoms with van der Waals surface area (Å²) in [5, 5.41) is 3.46. The summed E-state index contributed by atoms with van der Waals surface area (Å²) in [5.41, 5.74) is 0. The molecule has 3 nitrogen and oxygen atoms in total. The van der Waals surface area contributed by atoms with Crippen LogP contribution in [0.4, 0.5) is 10.2 Å². The first-order valence-corrected chi connectivity index (χ1v) is 6.90. The number of pyridine rings is 1. The summed E-state index contributed by atoms with van der Waals surface area (Å²) in [6.45, 7) is 4.97. The zero-order chi connectivity index (χ0) is 12.8. The van der Waals surface area contributed by atoms with E-state index in [1.807, 2.05) is 0 Å². The Morgan fingerprint density at radius 2 is 2.44 bits per heavy atom. The van der Waals surface area contributed by atoms with Gasteiger partial charge in [-0.2, -0.15) is 0 Å². The number of nitrogens with one attached hydrogen (secondary N) is 1. The van der Waals surface area contributed by atoms with Crippen molar-refractivity contribution >= 4 is 5.82 Å². The van der Waals surface area contributed by atoms with Crippen molar-refractivity contribution < 1.29 is 4.39 Å². The lowest BCUT2D eigenvalue weighted by Gasteiger charge is -2.27. The van der Waals surface area contributed by atoms with Crippen LogP contribution < -0.4 is 10.2 Å². The minimum Gasteiger partial charge on any atom is -0.353 e. The fraction of sp³-hybridized carbons (Fsp3) is 0.643. The molecule has 1 aromatic heterocycles. The Labute approximate surface area is 108 Å². The van der Waals surface area contributed by atoms with Crippen molar-refractivity contribution in [1.82, 2.24) is 10.3 Å². The van der Waals surface area contributed by atoms with E-state index in [9.17, 15) is 4.39 Å². The van der Waals surface area contributed by atoms with Gasteiger partial charge in [0.25, 0.3) is 0 Å². The predicted molar refractivity (Wildman–Crippen MR) is 72.3 cm³/mol. The van der Waals surface area contributed by atoms with Gasteiger partial charge in [-0.1, -0.05) is 13.3 Å². The van der Waals surface area contributed by atoms with Crippen molar-refractivity contribution in [3.8, 4) is 0 Å². The molecule has 1 aromatic rings. The van der Waals surface area contributed by atoms with Crippen molar-refractivity contribution in [2.45, 2.75) is 38.6 Å². The van der Waals surface area contributed by atoms with Crippen LogP contribution in [-0.4, -0.2) is 30.7 Å². The lowest BCUT2D eigenvalue weighted by Crippen LogP contribution is -2.39. The molecule has 1 atom stereocenters. The van der Waals surface area contributed by atoms with Crippen molar-refractivity contribution in [3.63, 3.8) is 0 Å². The van der Waals surface area contributed by atoms with Gasteiger partial charge in [0.05, 0.1) is 0 Å². The van der Waals surface area contributed by atoms with Gasteiger partial charge < -0.3 is 10.2 Å². The molecule has 0 radical (unpaired) electrons. The third-order valence-electron chi connectivity index (χ3n) is 3.42. The van der Waals surface area contributed by atoms with Crippen molar-refractivity contribution in [2.75, 3.05) is 24.5 Å². The van der Waals surface area contributed by atoms with Crippen LogP contribution in [0.1, 0.15) is 32.6 Å². The zero-order valence-corrected chi connectivity index (χ0v) is 11.0. The van der Waals surface area contributed by atoms with E-state index in [0.29, 0.717) is 11.9 Å². The Morgan fingerprint density at radius 1 is 1.56 bits per heavy atom. The molecule has 100 valence electrons. The minimum absolute atomic E-state index is 0.216. The second-order valence-electron chi connectivity index (χ2n) is 4.90. The van der Waals surface area contributed by atoms with Gasteiger partial charge in [0.15, 0.2) is 11.6 Å². The first kappa shape index (κ1) is 13.3. The van der Waals surface area contributed by atoms with Gasteiger partial charge in [0.1, 0.15) is 0 Å². The van der Waals surface area contributed by atoms with Crippen LogP contribution >= 0.6 is 0 Å². The number of hydrogen-bond donors (Lipinski definition) is 1. The van der Waals surface area contributed by atoms with E-state index in [1.54, 1.807) is 12.3 Å². The zero-order valence-electron chi connectivity index (χ0n) is 11.0. The molecule has 4 heteroatoms.